The van der Waals surface area contributed by atoms with Gasteiger partial charge < -0.3 is 20.5 Å². The van der Waals surface area contributed by atoms with Crippen LogP contribution in [0.1, 0.15) is 44.9 Å². The monoisotopic (exact) mass is 336 g/mol. The second-order valence-electron chi connectivity index (χ2n) is 6.84. The Bertz CT molecular complexity index is 577. The lowest BCUT2D eigenvalue weighted by Gasteiger charge is -2.26. The Morgan fingerprint density at radius 2 is 2.04 bits per heavy atom. The molecule has 3 rings (SSSR count). The van der Waals surface area contributed by atoms with Gasteiger partial charge in [-0.2, -0.15) is 0 Å². The molecule has 0 bridgehead atoms. The van der Waals surface area contributed by atoms with E-state index in [9.17, 15) is 14.3 Å². The van der Waals surface area contributed by atoms with Gasteiger partial charge in [-0.1, -0.05) is 6.42 Å². The molecule has 0 aromatic heterocycles. The van der Waals surface area contributed by atoms with Gasteiger partial charge >= 0.3 is 6.03 Å². The maximum Gasteiger partial charge on any atom is 0.319 e. The van der Waals surface area contributed by atoms with E-state index in [1.807, 2.05) is 0 Å². The number of carbonyl (C=O) groups excluding carboxylic acids is 1. The van der Waals surface area contributed by atoms with Gasteiger partial charge in [0.1, 0.15) is 0 Å². The molecule has 2 aliphatic rings. The highest BCUT2D eigenvalue weighted by molar-refractivity contribution is 5.89. The Hall–Kier alpha value is -1.82. The Morgan fingerprint density at radius 1 is 1.25 bits per heavy atom. The predicted molar refractivity (Wildman–Crippen MR) is 89.7 cm³/mol. The first-order chi connectivity index (χ1) is 11.6. The number of aliphatic hydroxyl groups excluding tert-OH is 1. The summed E-state index contributed by atoms with van der Waals surface area (Å²) in [5, 5.41) is 15.1. The van der Waals surface area contributed by atoms with Crippen LogP contribution in [0.5, 0.6) is 5.75 Å². The van der Waals surface area contributed by atoms with Crippen LogP contribution in [0.2, 0.25) is 0 Å². The van der Waals surface area contributed by atoms with Crippen molar-refractivity contribution < 1.29 is 19.0 Å². The van der Waals surface area contributed by atoms with E-state index >= 15 is 0 Å². The number of aliphatic hydroxyl groups is 1. The number of urea groups is 1. The van der Waals surface area contributed by atoms with Crippen molar-refractivity contribution in [3.63, 3.8) is 0 Å². The minimum Gasteiger partial charge on any atom is -0.487 e. The standard InChI is InChI=1S/C18H25FN2O3/c19-16-10-13(7-8-17(16)24-15-5-2-6-15)21-18(23)20-11-12-3-1-4-14(22)9-12/h7-8,10,12,14-15,22H,1-6,9,11H2,(H2,20,21,23). The van der Waals surface area contributed by atoms with E-state index in [-0.39, 0.29) is 24.0 Å². The van der Waals surface area contributed by atoms with Gasteiger partial charge in [0.2, 0.25) is 0 Å². The molecule has 0 radical (unpaired) electrons. The molecule has 2 saturated carbocycles. The molecule has 24 heavy (non-hydrogen) atoms. The highest BCUT2D eigenvalue weighted by Crippen LogP contribution is 2.28. The Morgan fingerprint density at radius 3 is 2.71 bits per heavy atom. The first kappa shape index (κ1) is 17.0. The highest BCUT2D eigenvalue weighted by atomic mass is 19.1. The predicted octanol–water partition coefficient (Wildman–Crippen LogP) is 3.43. The molecule has 2 atom stereocenters. The molecule has 5 nitrogen and oxygen atoms in total. The van der Waals surface area contributed by atoms with E-state index in [2.05, 4.69) is 10.6 Å². The summed E-state index contributed by atoms with van der Waals surface area (Å²) in [4.78, 5) is 11.9. The summed E-state index contributed by atoms with van der Waals surface area (Å²) in [6.07, 6.45) is 6.50. The van der Waals surface area contributed by atoms with Crippen LogP contribution in [0.4, 0.5) is 14.9 Å². The van der Waals surface area contributed by atoms with Crippen molar-refractivity contribution in [3.05, 3.63) is 24.0 Å². The van der Waals surface area contributed by atoms with Crippen LogP contribution in [0.3, 0.4) is 0 Å². The zero-order chi connectivity index (χ0) is 16.9. The second kappa shape index (κ2) is 7.83. The van der Waals surface area contributed by atoms with Crippen LogP contribution in [-0.2, 0) is 0 Å². The molecule has 132 valence electrons. The topological polar surface area (TPSA) is 70.6 Å². The third kappa shape index (κ3) is 4.60. The molecule has 0 heterocycles. The van der Waals surface area contributed by atoms with Crippen molar-refractivity contribution in [2.75, 3.05) is 11.9 Å². The molecule has 2 aliphatic carbocycles. The van der Waals surface area contributed by atoms with Gasteiger partial charge in [0.15, 0.2) is 11.6 Å². The largest absolute Gasteiger partial charge is 0.487 e. The Kier molecular flexibility index (Phi) is 5.56. The smallest absolute Gasteiger partial charge is 0.319 e. The first-order valence-electron chi connectivity index (χ1n) is 8.79. The fourth-order valence-corrected chi connectivity index (χ4v) is 3.20. The number of nitrogens with one attached hydrogen (secondary N) is 2. The summed E-state index contributed by atoms with van der Waals surface area (Å²) in [6, 6.07) is 4.11. The van der Waals surface area contributed by atoms with Crippen molar-refractivity contribution in [2.24, 2.45) is 5.92 Å². The molecule has 0 spiro atoms. The van der Waals surface area contributed by atoms with Crippen LogP contribution < -0.4 is 15.4 Å². The molecule has 0 aliphatic heterocycles. The van der Waals surface area contributed by atoms with Crippen molar-refractivity contribution in [1.29, 1.82) is 0 Å². The fourth-order valence-electron chi connectivity index (χ4n) is 3.20. The van der Waals surface area contributed by atoms with Crippen molar-refractivity contribution in [2.45, 2.75) is 57.2 Å². The van der Waals surface area contributed by atoms with Crippen molar-refractivity contribution in [3.8, 4) is 5.75 Å². The fraction of sp³-hybridized carbons (Fsp3) is 0.611. The second-order valence-corrected chi connectivity index (χ2v) is 6.84. The summed E-state index contributed by atoms with van der Waals surface area (Å²) < 4.78 is 19.6. The molecule has 1 aromatic rings. The Labute approximate surface area is 141 Å². The number of hydrogen-bond acceptors (Lipinski definition) is 3. The van der Waals surface area contributed by atoms with E-state index in [1.54, 1.807) is 12.1 Å². The number of hydrogen-bond donors (Lipinski definition) is 3. The summed E-state index contributed by atoms with van der Waals surface area (Å²) in [7, 11) is 0. The number of carbonyl (C=O) groups is 1. The molecule has 3 N–H and O–H groups in total. The van der Waals surface area contributed by atoms with Crippen LogP contribution in [0.25, 0.3) is 0 Å². The third-order valence-electron chi connectivity index (χ3n) is 4.84. The van der Waals surface area contributed by atoms with E-state index in [0.717, 1.165) is 44.9 Å². The lowest BCUT2D eigenvalue weighted by molar-refractivity contribution is 0.101. The molecule has 6 heteroatoms. The molecule has 2 amide bonds. The number of anilines is 1. The Balaban J connectivity index is 1.46. The van der Waals surface area contributed by atoms with Crippen molar-refractivity contribution in [1.82, 2.24) is 5.32 Å². The third-order valence-corrected chi connectivity index (χ3v) is 4.84. The van der Waals surface area contributed by atoms with Gasteiger partial charge in [0.05, 0.1) is 12.2 Å². The van der Waals surface area contributed by atoms with Gasteiger partial charge in [-0.25, -0.2) is 9.18 Å². The molecular weight excluding hydrogens is 311 g/mol. The van der Waals surface area contributed by atoms with Gasteiger partial charge in [-0.05, 0) is 56.6 Å². The number of halogens is 1. The van der Waals surface area contributed by atoms with Crippen LogP contribution in [0.15, 0.2) is 18.2 Å². The van der Waals surface area contributed by atoms with Gasteiger partial charge in [0.25, 0.3) is 0 Å². The quantitative estimate of drug-likeness (QED) is 0.771. The summed E-state index contributed by atoms with van der Waals surface area (Å²) in [5.41, 5.74) is 0.398. The number of amides is 2. The zero-order valence-electron chi connectivity index (χ0n) is 13.8. The van der Waals surface area contributed by atoms with E-state index in [1.165, 1.54) is 6.07 Å². The molecule has 1 aromatic carbocycles. The van der Waals surface area contributed by atoms with E-state index < -0.39 is 5.82 Å². The maximum absolute atomic E-state index is 14.0. The van der Waals surface area contributed by atoms with E-state index in [0.29, 0.717) is 18.2 Å². The summed E-state index contributed by atoms with van der Waals surface area (Å²) >= 11 is 0. The van der Waals surface area contributed by atoms with E-state index in [4.69, 9.17) is 4.74 Å². The average Bonchev–Trinajstić information content (AvgIpc) is 2.50. The SMILES string of the molecule is O=C(NCC1CCCC(O)C1)Nc1ccc(OC2CCC2)c(F)c1. The number of ether oxygens (including phenoxy) is 1. The minimum atomic E-state index is -0.463. The number of benzene rings is 1. The summed E-state index contributed by atoms with van der Waals surface area (Å²) in [5.74, 6) is 0.0754. The first-order valence-corrected chi connectivity index (χ1v) is 8.79. The normalized spacial score (nSPS) is 24.1. The molecule has 2 fully saturated rings. The lowest BCUT2D eigenvalue weighted by Crippen LogP contribution is -2.35. The van der Waals surface area contributed by atoms with Crippen LogP contribution in [-0.4, -0.2) is 29.9 Å². The average molecular weight is 336 g/mol. The lowest BCUT2D eigenvalue weighted by atomic mass is 9.87. The summed E-state index contributed by atoms with van der Waals surface area (Å²) in [6.45, 7) is 0.522. The zero-order valence-corrected chi connectivity index (χ0v) is 13.8. The minimum absolute atomic E-state index is 0.118. The number of rotatable bonds is 5. The molecular formula is C18H25FN2O3. The maximum atomic E-state index is 14.0. The van der Waals surface area contributed by atoms with Crippen LogP contribution in [0, 0.1) is 11.7 Å². The van der Waals surface area contributed by atoms with Gasteiger partial charge in [-0.3, -0.25) is 0 Å². The molecule has 0 saturated heterocycles. The highest BCUT2D eigenvalue weighted by Gasteiger charge is 2.22. The molecule has 2 unspecified atom stereocenters. The van der Waals surface area contributed by atoms with Gasteiger partial charge in [0, 0.05) is 18.3 Å². The van der Waals surface area contributed by atoms with Crippen molar-refractivity contribution >= 4 is 11.7 Å². The van der Waals surface area contributed by atoms with Gasteiger partial charge in [-0.15, -0.1) is 0 Å². The van der Waals surface area contributed by atoms with Crippen LogP contribution >= 0.6 is 0 Å².